The zero-order valence-corrected chi connectivity index (χ0v) is 16.1. The Morgan fingerprint density at radius 3 is 2.26 bits per heavy atom. The van der Waals surface area contributed by atoms with Crippen LogP contribution in [0, 0.1) is 12.8 Å². The molecule has 3 rings (SSSR count). The van der Waals surface area contributed by atoms with Crippen molar-refractivity contribution in [1.29, 1.82) is 0 Å². The molecule has 0 bridgehead atoms. The van der Waals surface area contributed by atoms with E-state index in [4.69, 9.17) is 9.47 Å². The van der Waals surface area contributed by atoms with Crippen LogP contribution in [0.15, 0.2) is 48.5 Å². The molecule has 144 valence electrons. The Hall–Kier alpha value is -2.49. The van der Waals surface area contributed by atoms with Crippen LogP contribution in [0.4, 0.5) is 5.69 Å². The summed E-state index contributed by atoms with van der Waals surface area (Å²) < 4.78 is 11.3. The lowest BCUT2D eigenvalue weighted by molar-refractivity contribution is -0.118. The second kappa shape index (κ2) is 10.0. The number of ether oxygens (including phenoxy) is 2. The van der Waals surface area contributed by atoms with Crippen LogP contribution in [0.3, 0.4) is 0 Å². The third kappa shape index (κ3) is 6.63. The highest BCUT2D eigenvalue weighted by Gasteiger charge is 2.13. The molecule has 0 heterocycles. The van der Waals surface area contributed by atoms with E-state index in [0.29, 0.717) is 5.75 Å². The van der Waals surface area contributed by atoms with E-state index < -0.39 is 0 Å². The number of nitrogens with one attached hydrogen (secondary N) is 1. The average molecular weight is 367 g/mol. The van der Waals surface area contributed by atoms with Gasteiger partial charge in [-0.1, -0.05) is 49.8 Å². The summed E-state index contributed by atoms with van der Waals surface area (Å²) in [5.74, 6) is 2.18. The van der Waals surface area contributed by atoms with Gasteiger partial charge in [0.05, 0.1) is 6.61 Å². The van der Waals surface area contributed by atoms with Gasteiger partial charge >= 0.3 is 0 Å². The molecule has 1 aliphatic rings. The smallest absolute Gasteiger partial charge is 0.262 e. The van der Waals surface area contributed by atoms with Crippen LogP contribution in [-0.4, -0.2) is 19.1 Å². The van der Waals surface area contributed by atoms with Gasteiger partial charge in [-0.2, -0.15) is 0 Å². The molecule has 0 atom stereocenters. The fourth-order valence-electron chi connectivity index (χ4n) is 3.43. The SMILES string of the molecule is Cc1ccc(OCC(=O)Nc2ccc(OCCC3CCCCC3)cc2)cc1. The second-order valence-electron chi connectivity index (χ2n) is 7.32. The zero-order chi connectivity index (χ0) is 18.9. The quantitative estimate of drug-likeness (QED) is 0.683. The van der Waals surface area contributed by atoms with Crippen molar-refractivity contribution in [3.8, 4) is 11.5 Å². The van der Waals surface area contributed by atoms with Crippen molar-refractivity contribution in [2.45, 2.75) is 45.4 Å². The van der Waals surface area contributed by atoms with E-state index >= 15 is 0 Å². The van der Waals surface area contributed by atoms with Crippen molar-refractivity contribution in [2.24, 2.45) is 5.92 Å². The molecular formula is C23H29NO3. The first kappa shape index (κ1) is 19.3. The molecule has 27 heavy (non-hydrogen) atoms. The summed E-state index contributed by atoms with van der Waals surface area (Å²) in [5.41, 5.74) is 1.90. The molecule has 1 aliphatic carbocycles. The fourth-order valence-corrected chi connectivity index (χ4v) is 3.43. The molecule has 4 heteroatoms. The summed E-state index contributed by atoms with van der Waals surface area (Å²) in [6.45, 7) is 2.77. The van der Waals surface area contributed by atoms with E-state index in [2.05, 4.69) is 5.32 Å². The van der Waals surface area contributed by atoms with Gasteiger partial charge in [-0.3, -0.25) is 4.79 Å². The predicted octanol–water partition coefficient (Wildman–Crippen LogP) is 5.36. The Kier molecular flexibility index (Phi) is 7.14. The Bertz CT molecular complexity index is 703. The molecule has 0 saturated heterocycles. The van der Waals surface area contributed by atoms with Gasteiger partial charge in [0.15, 0.2) is 6.61 Å². The van der Waals surface area contributed by atoms with Crippen LogP contribution < -0.4 is 14.8 Å². The van der Waals surface area contributed by atoms with Gasteiger partial charge in [0.1, 0.15) is 11.5 Å². The van der Waals surface area contributed by atoms with E-state index in [1.165, 1.54) is 32.1 Å². The average Bonchev–Trinajstić information content (AvgIpc) is 2.70. The van der Waals surface area contributed by atoms with Crippen LogP contribution in [-0.2, 0) is 4.79 Å². The molecule has 0 aromatic heterocycles. The number of rotatable bonds is 8. The Balaban J connectivity index is 1.37. The van der Waals surface area contributed by atoms with Gasteiger partial charge in [0.2, 0.25) is 0 Å². The van der Waals surface area contributed by atoms with Crippen LogP contribution >= 0.6 is 0 Å². The second-order valence-corrected chi connectivity index (χ2v) is 7.32. The van der Waals surface area contributed by atoms with Crippen molar-refractivity contribution in [3.63, 3.8) is 0 Å². The third-order valence-corrected chi connectivity index (χ3v) is 5.05. The largest absolute Gasteiger partial charge is 0.494 e. The Morgan fingerprint density at radius 1 is 0.926 bits per heavy atom. The summed E-state index contributed by atoms with van der Waals surface area (Å²) >= 11 is 0. The van der Waals surface area contributed by atoms with E-state index in [-0.39, 0.29) is 12.5 Å². The third-order valence-electron chi connectivity index (χ3n) is 5.05. The first-order chi connectivity index (χ1) is 13.2. The van der Waals surface area contributed by atoms with E-state index in [9.17, 15) is 4.79 Å². The number of hydrogen-bond acceptors (Lipinski definition) is 3. The molecule has 1 N–H and O–H groups in total. The van der Waals surface area contributed by atoms with E-state index in [0.717, 1.165) is 35.9 Å². The molecule has 1 fully saturated rings. The molecule has 1 saturated carbocycles. The van der Waals surface area contributed by atoms with Gasteiger partial charge in [-0.05, 0) is 55.7 Å². The van der Waals surface area contributed by atoms with Crippen molar-refractivity contribution >= 4 is 11.6 Å². The molecule has 4 nitrogen and oxygen atoms in total. The van der Waals surface area contributed by atoms with Gasteiger partial charge in [0.25, 0.3) is 5.91 Å². The van der Waals surface area contributed by atoms with Crippen LogP contribution in [0.5, 0.6) is 11.5 Å². The van der Waals surface area contributed by atoms with Crippen LogP contribution in [0.2, 0.25) is 0 Å². The summed E-state index contributed by atoms with van der Waals surface area (Å²) in [5, 5.41) is 2.84. The minimum atomic E-state index is -0.179. The standard InChI is InChI=1S/C23H29NO3/c1-18-7-11-22(12-8-18)27-17-23(25)24-20-9-13-21(14-10-20)26-16-15-19-5-3-2-4-6-19/h7-14,19H,2-6,15-17H2,1H3,(H,24,25). The van der Waals surface area contributed by atoms with Gasteiger partial charge < -0.3 is 14.8 Å². The minimum Gasteiger partial charge on any atom is -0.494 e. The lowest BCUT2D eigenvalue weighted by Crippen LogP contribution is -2.20. The van der Waals surface area contributed by atoms with Crippen LogP contribution in [0.1, 0.15) is 44.1 Å². The maximum Gasteiger partial charge on any atom is 0.262 e. The molecule has 0 spiro atoms. The Morgan fingerprint density at radius 2 is 1.56 bits per heavy atom. The predicted molar refractivity (Wildman–Crippen MR) is 108 cm³/mol. The van der Waals surface area contributed by atoms with Gasteiger partial charge in [-0.25, -0.2) is 0 Å². The van der Waals surface area contributed by atoms with Gasteiger partial charge in [0, 0.05) is 5.69 Å². The highest BCUT2D eigenvalue weighted by Crippen LogP contribution is 2.26. The van der Waals surface area contributed by atoms with Crippen molar-refractivity contribution in [1.82, 2.24) is 0 Å². The highest BCUT2D eigenvalue weighted by atomic mass is 16.5. The summed E-state index contributed by atoms with van der Waals surface area (Å²) in [6.07, 6.45) is 7.95. The zero-order valence-electron chi connectivity index (χ0n) is 16.1. The first-order valence-corrected chi connectivity index (χ1v) is 9.91. The first-order valence-electron chi connectivity index (χ1n) is 9.91. The number of carbonyl (C=O) groups excluding carboxylic acids is 1. The minimum absolute atomic E-state index is 0.0112. The highest BCUT2D eigenvalue weighted by molar-refractivity contribution is 5.91. The van der Waals surface area contributed by atoms with Crippen LogP contribution in [0.25, 0.3) is 0 Å². The van der Waals surface area contributed by atoms with Crippen molar-refractivity contribution in [3.05, 3.63) is 54.1 Å². The number of carbonyl (C=O) groups is 1. The topological polar surface area (TPSA) is 47.6 Å². The Labute approximate surface area is 161 Å². The molecule has 0 aliphatic heterocycles. The fraction of sp³-hybridized carbons (Fsp3) is 0.435. The number of amides is 1. The number of aryl methyl sites for hydroxylation is 1. The molecular weight excluding hydrogens is 338 g/mol. The number of benzene rings is 2. The lowest BCUT2D eigenvalue weighted by Gasteiger charge is -2.21. The molecule has 1 amide bonds. The van der Waals surface area contributed by atoms with Gasteiger partial charge in [-0.15, -0.1) is 0 Å². The molecule has 2 aromatic carbocycles. The molecule has 0 radical (unpaired) electrons. The number of hydrogen-bond donors (Lipinski definition) is 1. The van der Waals surface area contributed by atoms with E-state index in [1.54, 1.807) is 0 Å². The summed E-state index contributed by atoms with van der Waals surface area (Å²) in [6, 6.07) is 15.2. The van der Waals surface area contributed by atoms with E-state index in [1.807, 2.05) is 55.5 Å². The molecule has 0 unspecified atom stereocenters. The maximum absolute atomic E-state index is 12.0. The molecule has 2 aromatic rings. The monoisotopic (exact) mass is 367 g/mol. The summed E-state index contributed by atoms with van der Waals surface area (Å²) in [4.78, 5) is 12.0. The maximum atomic E-state index is 12.0. The van der Waals surface area contributed by atoms with Crippen molar-refractivity contribution < 1.29 is 14.3 Å². The van der Waals surface area contributed by atoms with Crippen molar-refractivity contribution in [2.75, 3.05) is 18.5 Å². The summed E-state index contributed by atoms with van der Waals surface area (Å²) in [7, 11) is 0. The normalized spacial score (nSPS) is 14.6. The number of anilines is 1. The lowest BCUT2D eigenvalue weighted by atomic mass is 9.87.